The predicted molar refractivity (Wildman–Crippen MR) is 113 cm³/mol. The van der Waals surface area contributed by atoms with E-state index in [0.717, 1.165) is 38.7 Å². The Balaban J connectivity index is 1.80. The fourth-order valence-corrected chi connectivity index (χ4v) is 5.22. The zero-order valence-corrected chi connectivity index (χ0v) is 17.7. The molecule has 0 radical (unpaired) electrons. The molecule has 1 aliphatic rings. The van der Waals surface area contributed by atoms with Gasteiger partial charge < -0.3 is 4.74 Å². The van der Waals surface area contributed by atoms with Gasteiger partial charge in [-0.05, 0) is 55.3 Å². The average Bonchev–Trinajstić information content (AvgIpc) is 2.71. The summed E-state index contributed by atoms with van der Waals surface area (Å²) in [5, 5.41) is 0. The van der Waals surface area contributed by atoms with Crippen molar-refractivity contribution in [3.63, 3.8) is 0 Å². The summed E-state index contributed by atoms with van der Waals surface area (Å²) in [6, 6.07) is 15.0. The molecule has 4 nitrogen and oxygen atoms in total. The Kier molecular flexibility index (Phi) is 5.21. The monoisotopic (exact) mass is 447 g/mol. The standard InChI is InChI=1S/C23H20F3NO3S/c1-15-10-16(2)12-18(11-15)17-6-7-22-21(13-17)27(8-9-30-22)31(28,29)20-5-3-4-19(14-20)23(24,25)26/h3-7,10-14H,8-9H2,1-2H3. The molecular formula is C23H20F3NO3S. The number of hydrogen-bond donors (Lipinski definition) is 0. The van der Waals surface area contributed by atoms with Crippen molar-refractivity contribution in [2.45, 2.75) is 24.9 Å². The number of alkyl halides is 3. The van der Waals surface area contributed by atoms with Crippen molar-refractivity contribution in [1.29, 1.82) is 0 Å². The molecule has 0 fully saturated rings. The fraction of sp³-hybridized carbons (Fsp3) is 0.217. The van der Waals surface area contributed by atoms with Gasteiger partial charge in [-0.2, -0.15) is 13.2 Å². The average molecular weight is 447 g/mol. The highest BCUT2D eigenvalue weighted by Gasteiger charge is 2.34. The molecule has 31 heavy (non-hydrogen) atoms. The quantitative estimate of drug-likeness (QED) is 0.527. The van der Waals surface area contributed by atoms with Gasteiger partial charge in [0.2, 0.25) is 0 Å². The first kappa shape index (κ1) is 21.2. The van der Waals surface area contributed by atoms with E-state index < -0.39 is 26.7 Å². The molecule has 8 heteroatoms. The minimum absolute atomic E-state index is 0.00186. The van der Waals surface area contributed by atoms with E-state index in [4.69, 9.17) is 4.74 Å². The van der Waals surface area contributed by atoms with E-state index in [1.807, 2.05) is 38.1 Å². The van der Waals surface area contributed by atoms with Crippen molar-refractivity contribution >= 4 is 15.7 Å². The Morgan fingerprint density at radius 3 is 2.29 bits per heavy atom. The zero-order chi connectivity index (χ0) is 22.4. The zero-order valence-electron chi connectivity index (χ0n) is 16.9. The Morgan fingerprint density at radius 2 is 1.61 bits per heavy atom. The minimum atomic E-state index is -4.63. The maximum atomic E-state index is 13.3. The molecule has 0 N–H and O–H groups in total. The number of sulfonamides is 1. The van der Waals surface area contributed by atoms with Gasteiger partial charge in [-0.3, -0.25) is 4.31 Å². The first-order valence-electron chi connectivity index (χ1n) is 9.61. The number of hydrogen-bond acceptors (Lipinski definition) is 3. The summed E-state index contributed by atoms with van der Waals surface area (Å²) >= 11 is 0. The normalized spacial score (nSPS) is 14.2. The van der Waals surface area contributed by atoms with E-state index in [9.17, 15) is 21.6 Å². The lowest BCUT2D eigenvalue weighted by Crippen LogP contribution is -2.38. The molecule has 1 heterocycles. The van der Waals surface area contributed by atoms with Gasteiger partial charge in [0.15, 0.2) is 0 Å². The SMILES string of the molecule is Cc1cc(C)cc(-c2ccc3c(c2)N(S(=O)(=O)c2cccc(C(F)(F)F)c2)CCO3)c1. The number of rotatable bonds is 3. The first-order chi connectivity index (χ1) is 14.6. The van der Waals surface area contributed by atoms with Crippen LogP contribution in [0, 0.1) is 13.8 Å². The highest BCUT2D eigenvalue weighted by Crippen LogP contribution is 2.39. The second-order valence-corrected chi connectivity index (χ2v) is 9.37. The molecular weight excluding hydrogens is 427 g/mol. The highest BCUT2D eigenvalue weighted by molar-refractivity contribution is 7.92. The number of nitrogens with zero attached hydrogens (tertiary/aromatic N) is 1. The third-order valence-electron chi connectivity index (χ3n) is 5.08. The van der Waals surface area contributed by atoms with Crippen LogP contribution in [0.4, 0.5) is 18.9 Å². The van der Waals surface area contributed by atoms with E-state index in [1.165, 1.54) is 6.07 Å². The van der Waals surface area contributed by atoms with Crippen molar-refractivity contribution < 1.29 is 26.3 Å². The first-order valence-corrected chi connectivity index (χ1v) is 11.1. The molecule has 0 atom stereocenters. The van der Waals surface area contributed by atoms with Crippen LogP contribution in [0.1, 0.15) is 16.7 Å². The van der Waals surface area contributed by atoms with Crippen molar-refractivity contribution in [1.82, 2.24) is 0 Å². The van der Waals surface area contributed by atoms with Gasteiger partial charge >= 0.3 is 6.18 Å². The largest absolute Gasteiger partial charge is 0.489 e. The number of aryl methyl sites for hydroxylation is 2. The van der Waals surface area contributed by atoms with Gasteiger partial charge in [0.1, 0.15) is 12.4 Å². The molecule has 0 aliphatic carbocycles. The Morgan fingerprint density at radius 1 is 0.903 bits per heavy atom. The van der Waals surface area contributed by atoms with Gasteiger partial charge in [-0.1, -0.05) is 41.5 Å². The molecule has 0 bridgehead atoms. The Labute approximate surface area is 178 Å². The van der Waals surface area contributed by atoms with Crippen LogP contribution >= 0.6 is 0 Å². The lowest BCUT2D eigenvalue weighted by atomic mass is 10.00. The molecule has 0 unspecified atom stereocenters. The molecule has 1 aliphatic heterocycles. The maximum absolute atomic E-state index is 13.3. The Bertz CT molecular complexity index is 1230. The van der Waals surface area contributed by atoms with Crippen LogP contribution in [0.5, 0.6) is 5.75 Å². The predicted octanol–water partition coefficient (Wildman–Crippen LogP) is 5.58. The third kappa shape index (κ3) is 4.12. The second kappa shape index (κ2) is 7.60. The number of ether oxygens (including phenoxy) is 1. The van der Waals surface area contributed by atoms with Crippen LogP contribution in [-0.4, -0.2) is 21.6 Å². The van der Waals surface area contributed by atoms with Crippen LogP contribution < -0.4 is 9.04 Å². The van der Waals surface area contributed by atoms with Crippen molar-refractivity contribution in [2.75, 3.05) is 17.5 Å². The molecule has 0 amide bonds. The lowest BCUT2D eigenvalue weighted by Gasteiger charge is -2.31. The highest BCUT2D eigenvalue weighted by atomic mass is 32.2. The van der Waals surface area contributed by atoms with E-state index in [2.05, 4.69) is 0 Å². The van der Waals surface area contributed by atoms with Gasteiger partial charge in [0.05, 0.1) is 22.7 Å². The number of halogens is 3. The van der Waals surface area contributed by atoms with Crippen LogP contribution in [-0.2, 0) is 16.2 Å². The summed E-state index contributed by atoms with van der Waals surface area (Å²) in [6.45, 7) is 4.06. The molecule has 3 aromatic carbocycles. The Hall–Kier alpha value is -3.00. The molecule has 0 saturated carbocycles. The van der Waals surface area contributed by atoms with E-state index in [-0.39, 0.29) is 13.2 Å². The van der Waals surface area contributed by atoms with Gasteiger partial charge in [-0.15, -0.1) is 0 Å². The fourth-order valence-electron chi connectivity index (χ4n) is 3.72. The van der Waals surface area contributed by atoms with Gasteiger partial charge in [-0.25, -0.2) is 8.42 Å². The minimum Gasteiger partial charge on any atom is -0.489 e. The summed E-state index contributed by atoms with van der Waals surface area (Å²) in [6.07, 6.45) is -4.63. The number of anilines is 1. The van der Waals surface area contributed by atoms with E-state index >= 15 is 0 Å². The van der Waals surface area contributed by atoms with E-state index in [1.54, 1.807) is 12.1 Å². The summed E-state index contributed by atoms with van der Waals surface area (Å²) in [7, 11) is -4.22. The van der Waals surface area contributed by atoms with Gasteiger partial charge in [0, 0.05) is 0 Å². The van der Waals surface area contributed by atoms with Crippen LogP contribution in [0.15, 0.2) is 65.6 Å². The smallest absolute Gasteiger partial charge is 0.416 e. The summed E-state index contributed by atoms with van der Waals surface area (Å²) in [4.78, 5) is -0.410. The van der Waals surface area contributed by atoms with Crippen molar-refractivity contribution in [3.05, 3.63) is 77.4 Å². The van der Waals surface area contributed by atoms with Crippen LogP contribution in [0.25, 0.3) is 11.1 Å². The molecule has 0 spiro atoms. The summed E-state index contributed by atoms with van der Waals surface area (Å²) < 4.78 is 72.7. The maximum Gasteiger partial charge on any atom is 0.416 e. The van der Waals surface area contributed by atoms with Gasteiger partial charge in [0.25, 0.3) is 10.0 Å². The third-order valence-corrected chi connectivity index (χ3v) is 6.89. The molecule has 0 saturated heterocycles. The van der Waals surface area contributed by atoms with Crippen molar-refractivity contribution in [2.24, 2.45) is 0 Å². The molecule has 0 aromatic heterocycles. The van der Waals surface area contributed by atoms with Crippen LogP contribution in [0.2, 0.25) is 0 Å². The second-order valence-electron chi connectivity index (χ2n) is 7.51. The van der Waals surface area contributed by atoms with Crippen LogP contribution in [0.3, 0.4) is 0 Å². The number of benzene rings is 3. The summed E-state index contributed by atoms with van der Waals surface area (Å²) in [5.74, 6) is 0.370. The van der Waals surface area contributed by atoms with Crippen molar-refractivity contribution in [3.8, 4) is 16.9 Å². The summed E-state index contributed by atoms with van der Waals surface area (Å²) in [5.41, 5.74) is 3.14. The molecule has 162 valence electrons. The molecule has 4 rings (SSSR count). The topological polar surface area (TPSA) is 46.6 Å². The number of fused-ring (bicyclic) bond motifs is 1. The molecule has 3 aromatic rings. The van der Waals surface area contributed by atoms with E-state index in [0.29, 0.717) is 17.5 Å². The lowest BCUT2D eigenvalue weighted by molar-refractivity contribution is -0.137.